The van der Waals surface area contributed by atoms with E-state index >= 15 is 0 Å². The second-order valence-corrected chi connectivity index (χ2v) is 6.23. The van der Waals surface area contributed by atoms with Crippen LogP contribution in [0.5, 0.6) is 5.88 Å². The van der Waals surface area contributed by atoms with E-state index in [1.165, 1.54) is 5.56 Å². The van der Waals surface area contributed by atoms with Crippen LogP contribution in [0.3, 0.4) is 0 Å². The molecule has 6 nitrogen and oxygen atoms in total. The van der Waals surface area contributed by atoms with Gasteiger partial charge >= 0.3 is 0 Å². The van der Waals surface area contributed by atoms with Gasteiger partial charge in [-0.2, -0.15) is 0 Å². The van der Waals surface area contributed by atoms with Gasteiger partial charge in [-0.05, 0) is 49.5 Å². The molecule has 2 aromatic heterocycles. The smallest absolute Gasteiger partial charge is 0.231 e. The van der Waals surface area contributed by atoms with E-state index in [1.807, 2.05) is 0 Å². The number of methoxy groups -OCH3 is 1. The Hall–Kier alpha value is -2.47. The lowest BCUT2D eigenvalue weighted by Crippen LogP contribution is -2.32. The Morgan fingerprint density at radius 1 is 1.25 bits per heavy atom. The summed E-state index contributed by atoms with van der Waals surface area (Å²) in [4.78, 5) is 18.3. The molecule has 0 unspecified atom stereocenters. The number of likely N-dealkylation sites (tertiary alicyclic amines) is 1. The molecule has 0 aliphatic carbocycles. The molecule has 123 valence electrons. The Labute approximate surface area is 140 Å². The first-order chi connectivity index (χ1) is 11.8. The molecule has 1 radical (unpaired) electrons. The van der Waals surface area contributed by atoms with E-state index in [1.54, 1.807) is 19.5 Å². The van der Waals surface area contributed by atoms with E-state index in [0.717, 1.165) is 49.2 Å². The highest BCUT2D eigenvalue weighted by molar-refractivity contribution is 5.75. The summed E-state index contributed by atoms with van der Waals surface area (Å²) in [6.45, 7) is 2.99. The fraction of sp³-hybridized carbons (Fsp3) is 0.389. The maximum atomic E-state index is 5.05. The number of aromatic amines is 1. The third kappa shape index (κ3) is 3.10. The number of hydrogen-bond donors (Lipinski definition) is 1. The Kier molecular flexibility index (Phi) is 4.13. The topological polar surface area (TPSA) is 66.9 Å². The molecule has 4 rings (SSSR count). The first-order valence-corrected chi connectivity index (χ1v) is 8.25. The molecule has 1 aromatic carbocycles. The van der Waals surface area contributed by atoms with Gasteiger partial charge in [0.05, 0.1) is 36.2 Å². The number of imidazole rings is 1. The molecule has 24 heavy (non-hydrogen) atoms. The molecule has 1 aliphatic heterocycles. The highest BCUT2D eigenvalue weighted by Gasteiger charge is 2.21. The average Bonchev–Trinajstić information content (AvgIpc) is 3.11. The van der Waals surface area contributed by atoms with Crippen molar-refractivity contribution in [3.63, 3.8) is 0 Å². The van der Waals surface area contributed by atoms with E-state index in [2.05, 4.69) is 49.4 Å². The predicted octanol–water partition coefficient (Wildman–Crippen LogP) is 2.54. The second kappa shape index (κ2) is 6.57. The molecule has 0 spiro atoms. The van der Waals surface area contributed by atoms with E-state index in [0.29, 0.717) is 11.8 Å². The summed E-state index contributed by atoms with van der Waals surface area (Å²) < 4.78 is 5.05. The van der Waals surface area contributed by atoms with Crippen molar-refractivity contribution in [1.29, 1.82) is 0 Å². The molecule has 1 saturated heterocycles. The molecule has 3 aromatic rings. The summed E-state index contributed by atoms with van der Waals surface area (Å²) in [5.74, 6) is 1.16. The molecule has 3 heterocycles. The van der Waals surface area contributed by atoms with Crippen LogP contribution in [0.25, 0.3) is 11.0 Å². The summed E-state index contributed by atoms with van der Waals surface area (Å²) in [5, 5.41) is 0. The minimum atomic E-state index is 0.559. The van der Waals surface area contributed by atoms with Gasteiger partial charge in [-0.3, -0.25) is 9.88 Å². The monoisotopic (exact) mass is 322 g/mol. The van der Waals surface area contributed by atoms with Gasteiger partial charge in [-0.25, -0.2) is 9.97 Å². The van der Waals surface area contributed by atoms with Crippen LogP contribution in [0.4, 0.5) is 0 Å². The van der Waals surface area contributed by atoms with Crippen molar-refractivity contribution in [2.75, 3.05) is 20.2 Å². The third-order valence-electron chi connectivity index (χ3n) is 4.72. The first kappa shape index (κ1) is 15.1. The number of nitrogens with one attached hydrogen (secondary N) is 1. The zero-order chi connectivity index (χ0) is 16.4. The molecule has 1 aliphatic rings. The van der Waals surface area contributed by atoms with Gasteiger partial charge in [-0.1, -0.05) is 6.07 Å². The molecule has 0 atom stereocenters. The number of benzene rings is 1. The van der Waals surface area contributed by atoms with Crippen LogP contribution in [0, 0.1) is 6.33 Å². The van der Waals surface area contributed by atoms with Crippen molar-refractivity contribution in [2.24, 2.45) is 0 Å². The van der Waals surface area contributed by atoms with Crippen molar-refractivity contribution < 1.29 is 4.74 Å². The molecule has 0 saturated carbocycles. The summed E-state index contributed by atoms with van der Waals surface area (Å²) in [7, 11) is 1.60. The molecule has 0 bridgehead atoms. The number of fused-ring (bicyclic) bond motifs is 1. The summed E-state index contributed by atoms with van der Waals surface area (Å²) >= 11 is 0. The number of H-pyrrole nitrogens is 1. The number of ether oxygens (including phenoxy) is 1. The minimum Gasteiger partial charge on any atom is -0.480 e. The van der Waals surface area contributed by atoms with Gasteiger partial charge < -0.3 is 9.72 Å². The van der Waals surface area contributed by atoms with E-state index in [9.17, 15) is 0 Å². The lowest BCUT2D eigenvalue weighted by Gasteiger charge is -2.31. The van der Waals surface area contributed by atoms with Crippen LogP contribution in [0.1, 0.15) is 30.0 Å². The molecular formula is C18H20N5O. The largest absolute Gasteiger partial charge is 0.480 e. The van der Waals surface area contributed by atoms with Crippen molar-refractivity contribution in [3.05, 3.63) is 48.2 Å². The lowest BCUT2D eigenvalue weighted by molar-refractivity contribution is 0.202. The highest BCUT2D eigenvalue weighted by atomic mass is 16.5. The van der Waals surface area contributed by atoms with Crippen LogP contribution in [-0.4, -0.2) is 45.0 Å². The molecule has 1 N–H and O–H groups in total. The SMILES string of the molecule is COc1cnc(CN2CCC(c3ccc4[nH][c]nc4c3)CC2)cn1. The fourth-order valence-corrected chi connectivity index (χ4v) is 3.33. The van der Waals surface area contributed by atoms with Gasteiger partial charge in [0.2, 0.25) is 5.88 Å². The lowest BCUT2D eigenvalue weighted by atomic mass is 9.89. The third-order valence-corrected chi connectivity index (χ3v) is 4.72. The van der Waals surface area contributed by atoms with Gasteiger partial charge in [0.25, 0.3) is 0 Å². The Balaban J connectivity index is 1.37. The van der Waals surface area contributed by atoms with Gasteiger partial charge in [-0.15, -0.1) is 0 Å². The average molecular weight is 322 g/mol. The van der Waals surface area contributed by atoms with E-state index in [-0.39, 0.29) is 0 Å². The van der Waals surface area contributed by atoms with Crippen LogP contribution in [0.2, 0.25) is 0 Å². The minimum absolute atomic E-state index is 0.559. The standard InChI is InChI=1S/C18H20N5O/c1-24-18-10-19-15(9-20-18)11-23-6-4-13(5-7-23)14-2-3-16-17(8-14)22-12-21-16/h2-3,8-10,13H,4-7,11H2,1H3,(H,21,22). The Morgan fingerprint density at radius 2 is 2.12 bits per heavy atom. The van der Waals surface area contributed by atoms with Crippen LogP contribution < -0.4 is 4.74 Å². The first-order valence-electron chi connectivity index (χ1n) is 8.25. The van der Waals surface area contributed by atoms with E-state index in [4.69, 9.17) is 4.74 Å². The van der Waals surface area contributed by atoms with Crippen LogP contribution in [-0.2, 0) is 6.54 Å². The fourth-order valence-electron chi connectivity index (χ4n) is 3.33. The normalized spacial score (nSPS) is 16.5. The summed E-state index contributed by atoms with van der Waals surface area (Å²) in [6, 6.07) is 6.51. The van der Waals surface area contributed by atoms with Crippen molar-refractivity contribution in [3.8, 4) is 5.88 Å². The second-order valence-electron chi connectivity index (χ2n) is 6.23. The maximum absolute atomic E-state index is 5.05. The number of hydrogen-bond acceptors (Lipinski definition) is 5. The van der Waals surface area contributed by atoms with E-state index < -0.39 is 0 Å². The molecular weight excluding hydrogens is 302 g/mol. The number of aromatic nitrogens is 4. The molecule has 0 amide bonds. The summed E-state index contributed by atoms with van der Waals surface area (Å²) in [5.41, 5.74) is 4.42. The Morgan fingerprint density at radius 3 is 2.88 bits per heavy atom. The highest BCUT2D eigenvalue weighted by Crippen LogP contribution is 2.29. The predicted molar refractivity (Wildman–Crippen MR) is 90.8 cm³/mol. The van der Waals surface area contributed by atoms with Crippen molar-refractivity contribution in [2.45, 2.75) is 25.3 Å². The number of piperidine rings is 1. The van der Waals surface area contributed by atoms with Crippen molar-refractivity contribution >= 4 is 11.0 Å². The molecule has 1 fully saturated rings. The summed E-state index contributed by atoms with van der Waals surface area (Å²) in [6.07, 6.45) is 8.59. The zero-order valence-electron chi connectivity index (χ0n) is 13.7. The van der Waals surface area contributed by atoms with Crippen molar-refractivity contribution in [1.82, 2.24) is 24.8 Å². The zero-order valence-corrected chi connectivity index (χ0v) is 13.7. The van der Waals surface area contributed by atoms with Crippen LogP contribution >= 0.6 is 0 Å². The number of rotatable bonds is 4. The molecule has 6 heteroatoms. The Bertz CT molecular complexity index is 806. The maximum Gasteiger partial charge on any atom is 0.231 e. The van der Waals surface area contributed by atoms with Crippen LogP contribution in [0.15, 0.2) is 30.6 Å². The van der Waals surface area contributed by atoms with Gasteiger partial charge in [0, 0.05) is 6.54 Å². The quantitative estimate of drug-likeness (QED) is 0.799. The number of nitrogens with zero attached hydrogens (tertiary/aromatic N) is 4. The van der Waals surface area contributed by atoms with Gasteiger partial charge in [0.1, 0.15) is 0 Å². The van der Waals surface area contributed by atoms with Gasteiger partial charge in [0.15, 0.2) is 6.33 Å².